The number of hydrogen-bond donors (Lipinski definition) is 2. The number of aryl methyl sites for hydroxylation is 1. The van der Waals surface area contributed by atoms with Crippen molar-refractivity contribution in [2.75, 3.05) is 11.1 Å². The van der Waals surface area contributed by atoms with Crippen LogP contribution in [0.5, 0.6) is 0 Å². The fourth-order valence-electron chi connectivity index (χ4n) is 2.04. The van der Waals surface area contributed by atoms with Gasteiger partial charge in [0.05, 0.1) is 5.41 Å². The minimum Gasteiger partial charge on any atom is -0.399 e. The number of halogens is 1. The zero-order valence-corrected chi connectivity index (χ0v) is 14.0. The van der Waals surface area contributed by atoms with Crippen molar-refractivity contribution >= 4 is 33.2 Å². The Morgan fingerprint density at radius 2 is 1.76 bits per heavy atom. The molecule has 2 aromatic carbocycles. The molecule has 0 aliphatic heterocycles. The van der Waals surface area contributed by atoms with Crippen LogP contribution in [0.1, 0.15) is 25.0 Å². The van der Waals surface area contributed by atoms with Crippen LogP contribution in [0.15, 0.2) is 46.9 Å². The summed E-state index contributed by atoms with van der Waals surface area (Å²) in [6, 6.07) is 13.2. The molecule has 21 heavy (non-hydrogen) atoms. The molecule has 4 heteroatoms. The van der Waals surface area contributed by atoms with Crippen LogP contribution in [0.4, 0.5) is 11.4 Å². The number of rotatable bonds is 3. The van der Waals surface area contributed by atoms with Gasteiger partial charge in [0, 0.05) is 15.8 Å². The van der Waals surface area contributed by atoms with E-state index in [4.69, 9.17) is 5.73 Å². The summed E-state index contributed by atoms with van der Waals surface area (Å²) in [4.78, 5) is 12.6. The number of carbonyl (C=O) groups is 1. The van der Waals surface area contributed by atoms with E-state index in [1.807, 2.05) is 63.2 Å². The first-order valence-corrected chi connectivity index (χ1v) is 7.53. The third-order valence-corrected chi connectivity index (χ3v) is 4.51. The van der Waals surface area contributed by atoms with Crippen molar-refractivity contribution in [3.05, 3.63) is 58.1 Å². The number of amides is 1. The second-order valence-electron chi connectivity index (χ2n) is 5.67. The highest BCUT2D eigenvalue weighted by Gasteiger charge is 2.29. The summed E-state index contributed by atoms with van der Waals surface area (Å²) in [7, 11) is 0. The van der Waals surface area contributed by atoms with Crippen molar-refractivity contribution in [1.29, 1.82) is 0 Å². The van der Waals surface area contributed by atoms with Gasteiger partial charge < -0.3 is 11.1 Å². The summed E-state index contributed by atoms with van der Waals surface area (Å²) >= 11 is 3.45. The quantitative estimate of drug-likeness (QED) is 0.816. The molecule has 0 unspecified atom stereocenters. The summed E-state index contributed by atoms with van der Waals surface area (Å²) in [6.45, 7) is 5.80. The Labute approximate surface area is 133 Å². The first kappa shape index (κ1) is 15.6. The van der Waals surface area contributed by atoms with E-state index < -0.39 is 5.41 Å². The van der Waals surface area contributed by atoms with Crippen LogP contribution in [-0.2, 0) is 10.2 Å². The molecule has 2 rings (SSSR count). The minimum atomic E-state index is -0.630. The maximum atomic E-state index is 12.6. The van der Waals surface area contributed by atoms with Crippen LogP contribution >= 0.6 is 15.9 Å². The Morgan fingerprint density at radius 1 is 1.14 bits per heavy atom. The van der Waals surface area contributed by atoms with Crippen molar-refractivity contribution < 1.29 is 4.79 Å². The summed E-state index contributed by atoms with van der Waals surface area (Å²) < 4.78 is 1.03. The van der Waals surface area contributed by atoms with Crippen molar-refractivity contribution in [2.45, 2.75) is 26.2 Å². The normalized spacial score (nSPS) is 11.2. The lowest BCUT2D eigenvalue weighted by molar-refractivity contribution is -0.120. The molecule has 0 fully saturated rings. The average Bonchev–Trinajstić information content (AvgIpc) is 2.43. The van der Waals surface area contributed by atoms with Gasteiger partial charge in [-0.05, 0) is 62.2 Å². The van der Waals surface area contributed by atoms with Crippen LogP contribution in [-0.4, -0.2) is 5.91 Å². The van der Waals surface area contributed by atoms with Gasteiger partial charge in [-0.2, -0.15) is 0 Å². The highest BCUT2D eigenvalue weighted by atomic mass is 79.9. The summed E-state index contributed by atoms with van der Waals surface area (Å²) in [5.41, 5.74) is 8.57. The summed E-state index contributed by atoms with van der Waals surface area (Å²) in [5.74, 6) is -0.0472. The van der Waals surface area contributed by atoms with Gasteiger partial charge in [0.25, 0.3) is 0 Å². The van der Waals surface area contributed by atoms with Crippen molar-refractivity contribution in [3.8, 4) is 0 Å². The first-order valence-electron chi connectivity index (χ1n) is 6.74. The molecule has 2 aromatic rings. The monoisotopic (exact) mass is 346 g/mol. The molecule has 0 aromatic heterocycles. The molecule has 110 valence electrons. The van der Waals surface area contributed by atoms with E-state index in [9.17, 15) is 4.79 Å². The number of benzene rings is 2. The minimum absolute atomic E-state index is 0.0472. The van der Waals surface area contributed by atoms with E-state index in [-0.39, 0.29) is 5.91 Å². The molecular weight excluding hydrogens is 328 g/mol. The SMILES string of the molecule is Cc1cc(NC(=O)C(C)(C)c2ccc(N)cc2)ccc1Br. The fourth-order valence-corrected chi connectivity index (χ4v) is 2.29. The Balaban J connectivity index is 2.21. The van der Waals surface area contributed by atoms with Crippen molar-refractivity contribution in [1.82, 2.24) is 0 Å². The largest absolute Gasteiger partial charge is 0.399 e. The van der Waals surface area contributed by atoms with Crippen molar-refractivity contribution in [2.24, 2.45) is 0 Å². The zero-order valence-electron chi connectivity index (χ0n) is 12.4. The Morgan fingerprint density at radius 3 is 2.33 bits per heavy atom. The van der Waals surface area contributed by atoms with E-state index in [1.165, 1.54) is 0 Å². The third kappa shape index (κ3) is 3.45. The molecule has 0 bridgehead atoms. The number of nitrogen functional groups attached to an aromatic ring is 1. The van der Waals surface area contributed by atoms with Gasteiger partial charge in [-0.3, -0.25) is 4.79 Å². The highest BCUT2D eigenvalue weighted by Crippen LogP contribution is 2.27. The summed E-state index contributed by atoms with van der Waals surface area (Å²) in [6.07, 6.45) is 0. The Bertz CT molecular complexity index is 663. The maximum Gasteiger partial charge on any atom is 0.234 e. The maximum absolute atomic E-state index is 12.6. The lowest BCUT2D eigenvalue weighted by atomic mass is 9.83. The van der Waals surface area contributed by atoms with Gasteiger partial charge in [-0.15, -0.1) is 0 Å². The molecule has 0 saturated carbocycles. The molecule has 0 atom stereocenters. The third-order valence-electron chi connectivity index (χ3n) is 3.62. The predicted molar refractivity (Wildman–Crippen MR) is 91.4 cm³/mol. The van der Waals surface area contributed by atoms with Crippen LogP contribution in [0.3, 0.4) is 0 Å². The molecule has 0 saturated heterocycles. The molecular formula is C17H19BrN2O. The van der Waals surface area contributed by atoms with Gasteiger partial charge >= 0.3 is 0 Å². The zero-order chi connectivity index (χ0) is 15.6. The average molecular weight is 347 g/mol. The van der Waals surface area contributed by atoms with Crippen LogP contribution in [0.2, 0.25) is 0 Å². The number of carbonyl (C=O) groups excluding carboxylic acids is 1. The molecule has 0 spiro atoms. The fraction of sp³-hybridized carbons (Fsp3) is 0.235. The molecule has 1 amide bonds. The lowest BCUT2D eigenvalue weighted by Gasteiger charge is -2.24. The molecule has 0 aliphatic carbocycles. The number of anilines is 2. The predicted octanol–water partition coefficient (Wildman–Crippen LogP) is 4.26. The van der Waals surface area contributed by atoms with E-state index in [2.05, 4.69) is 21.2 Å². The summed E-state index contributed by atoms with van der Waals surface area (Å²) in [5, 5.41) is 2.97. The van der Waals surface area contributed by atoms with E-state index >= 15 is 0 Å². The van der Waals surface area contributed by atoms with E-state index in [0.29, 0.717) is 5.69 Å². The Hall–Kier alpha value is -1.81. The number of hydrogen-bond acceptors (Lipinski definition) is 2. The smallest absolute Gasteiger partial charge is 0.234 e. The molecule has 3 nitrogen and oxygen atoms in total. The van der Waals surface area contributed by atoms with Crippen molar-refractivity contribution in [3.63, 3.8) is 0 Å². The van der Waals surface area contributed by atoms with E-state index in [0.717, 1.165) is 21.3 Å². The highest BCUT2D eigenvalue weighted by molar-refractivity contribution is 9.10. The van der Waals surface area contributed by atoms with Gasteiger partial charge in [-0.1, -0.05) is 28.1 Å². The van der Waals surface area contributed by atoms with Gasteiger partial charge in [0.15, 0.2) is 0 Å². The second kappa shape index (κ2) is 5.90. The number of nitrogens with two attached hydrogens (primary N) is 1. The number of nitrogens with one attached hydrogen (secondary N) is 1. The van der Waals surface area contributed by atoms with E-state index in [1.54, 1.807) is 0 Å². The molecule has 3 N–H and O–H groups in total. The van der Waals surface area contributed by atoms with Gasteiger partial charge in [0.1, 0.15) is 0 Å². The lowest BCUT2D eigenvalue weighted by Crippen LogP contribution is -2.34. The van der Waals surface area contributed by atoms with Gasteiger partial charge in [-0.25, -0.2) is 0 Å². The molecule has 0 heterocycles. The van der Waals surface area contributed by atoms with Crippen LogP contribution < -0.4 is 11.1 Å². The second-order valence-corrected chi connectivity index (χ2v) is 6.52. The van der Waals surface area contributed by atoms with Gasteiger partial charge in [0.2, 0.25) is 5.91 Å². The topological polar surface area (TPSA) is 55.1 Å². The standard InChI is InChI=1S/C17H19BrN2O/c1-11-10-14(8-9-15(11)18)20-16(21)17(2,3)12-4-6-13(19)7-5-12/h4-10H,19H2,1-3H3,(H,20,21). The molecule has 0 radical (unpaired) electrons. The van der Waals surface area contributed by atoms with Crippen LogP contribution in [0.25, 0.3) is 0 Å². The van der Waals surface area contributed by atoms with Crippen LogP contribution in [0, 0.1) is 6.92 Å². The molecule has 0 aliphatic rings. The Kier molecular flexibility index (Phi) is 4.37. The first-order chi connectivity index (χ1) is 9.80.